The molecular formula is C36H36BrN7O3. The molecule has 0 saturated carbocycles. The Labute approximate surface area is 282 Å². The number of aliphatic imine (C=N–C) groups is 1. The highest BCUT2D eigenvalue weighted by Gasteiger charge is 2.27. The monoisotopic (exact) mass is 693 g/mol. The summed E-state index contributed by atoms with van der Waals surface area (Å²) in [5.74, 6) is 4.10. The average molecular weight is 695 g/mol. The summed E-state index contributed by atoms with van der Waals surface area (Å²) >= 11 is 3.62. The zero-order valence-corrected chi connectivity index (χ0v) is 28.3. The highest BCUT2D eigenvalue weighted by atomic mass is 79.9. The van der Waals surface area contributed by atoms with Crippen LogP contribution in [0.5, 0.6) is 17.2 Å². The van der Waals surface area contributed by atoms with Crippen LogP contribution in [0.4, 0.5) is 11.5 Å². The number of aryl methyl sites for hydroxylation is 2. The van der Waals surface area contributed by atoms with Gasteiger partial charge >= 0.3 is 0 Å². The van der Waals surface area contributed by atoms with E-state index in [4.69, 9.17) is 19.2 Å². The third-order valence-electron chi connectivity index (χ3n) is 8.85. The zero-order valence-electron chi connectivity index (χ0n) is 26.7. The minimum Gasteiger partial charge on any atom is -0.497 e. The van der Waals surface area contributed by atoms with E-state index in [1.165, 1.54) is 11.3 Å². The van der Waals surface area contributed by atoms with Crippen molar-refractivity contribution in [2.75, 3.05) is 57.3 Å². The maximum atomic E-state index is 5.63. The Morgan fingerprint density at radius 3 is 2.43 bits per heavy atom. The molecule has 1 fully saturated rings. The average Bonchev–Trinajstić information content (AvgIpc) is 3.51. The van der Waals surface area contributed by atoms with Crippen molar-refractivity contribution in [3.05, 3.63) is 89.8 Å². The van der Waals surface area contributed by atoms with Crippen LogP contribution < -0.4 is 24.0 Å². The van der Waals surface area contributed by atoms with E-state index in [0.29, 0.717) is 6.54 Å². The van der Waals surface area contributed by atoms with Crippen molar-refractivity contribution >= 4 is 42.8 Å². The van der Waals surface area contributed by atoms with Crippen molar-refractivity contribution in [1.82, 2.24) is 19.9 Å². The maximum absolute atomic E-state index is 5.63. The van der Waals surface area contributed by atoms with Crippen LogP contribution in [-0.2, 0) is 19.4 Å². The van der Waals surface area contributed by atoms with Gasteiger partial charge in [-0.25, -0.2) is 19.9 Å². The number of aromatic nitrogens is 4. The number of nitrogens with zero attached hydrogens (tertiary/aromatic N) is 7. The molecule has 0 radical (unpaired) electrons. The number of hydrogen-bond donors (Lipinski definition) is 0. The third kappa shape index (κ3) is 6.32. The Kier molecular flexibility index (Phi) is 8.88. The van der Waals surface area contributed by atoms with Crippen LogP contribution >= 0.6 is 15.9 Å². The third-order valence-corrected chi connectivity index (χ3v) is 9.50. The Balaban J connectivity index is 1.12. The summed E-state index contributed by atoms with van der Waals surface area (Å²) in [5.41, 5.74) is 6.33. The summed E-state index contributed by atoms with van der Waals surface area (Å²) in [6.07, 6.45) is 6.10. The SMILES string of the molecule is COc1ccc2cc(-c3ccnc(CCCc4ccc(OC)c(OC)c4)n3)cc(N3CCN(c4ncnc5c4C(Br)=NC5)CC3)c2c1. The minimum atomic E-state index is 0.592. The van der Waals surface area contributed by atoms with E-state index < -0.39 is 0 Å². The zero-order chi connectivity index (χ0) is 32.3. The Bertz CT molecular complexity index is 1960. The van der Waals surface area contributed by atoms with E-state index in [9.17, 15) is 0 Å². The molecule has 0 aliphatic carbocycles. The van der Waals surface area contributed by atoms with Gasteiger partial charge in [0, 0.05) is 55.4 Å². The number of fused-ring (bicyclic) bond motifs is 2. The smallest absolute Gasteiger partial charge is 0.160 e. The van der Waals surface area contributed by atoms with Crippen molar-refractivity contribution in [2.24, 2.45) is 4.99 Å². The number of halogens is 1. The van der Waals surface area contributed by atoms with Crippen LogP contribution in [0, 0.1) is 0 Å². The summed E-state index contributed by atoms with van der Waals surface area (Å²) in [7, 11) is 5.03. The highest BCUT2D eigenvalue weighted by molar-refractivity contribution is 9.18. The normalized spacial score (nSPS) is 14.3. The molecule has 7 rings (SSSR count). The standard InChI is InChI=1S/C36H36BrN7O3/c1-45-26-9-8-24-18-25(28-11-12-38-33(42-28)6-4-5-23-7-10-31(46-2)32(17-23)47-3)19-30(27(24)20-26)43-13-15-44(16-14-43)36-34-29(40-22-41-36)21-39-35(34)37/h7-12,17-20,22H,4-6,13-16,21H2,1-3H3. The largest absolute Gasteiger partial charge is 0.497 e. The molecule has 0 bridgehead atoms. The van der Waals surface area contributed by atoms with E-state index in [1.807, 2.05) is 30.5 Å². The Morgan fingerprint density at radius 2 is 1.62 bits per heavy atom. The predicted octanol–water partition coefficient (Wildman–Crippen LogP) is 6.27. The van der Waals surface area contributed by atoms with Crippen molar-refractivity contribution in [3.8, 4) is 28.5 Å². The lowest BCUT2D eigenvalue weighted by atomic mass is 10.0. The van der Waals surface area contributed by atoms with Gasteiger partial charge in [-0.2, -0.15) is 0 Å². The first-order chi connectivity index (χ1) is 23.0. The van der Waals surface area contributed by atoms with Crippen LogP contribution in [0.2, 0.25) is 0 Å². The number of piperazine rings is 1. The first-order valence-electron chi connectivity index (χ1n) is 15.7. The van der Waals surface area contributed by atoms with Crippen LogP contribution in [0.15, 0.2) is 72.1 Å². The van der Waals surface area contributed by atoms with Crippen molar-refractivity contribution in [1.29, 1.82) is 0 Å². The van der Waals surface area contributed by atoms with Crippen LogP contribution in [0.25, 0.3) is 22.0 Å². The lowest BCUT2D eigenvalue weighted by Gasteiger charge is -2.38. The summed E-state index contributed by atoms with van der Waals surface area (Å²) in [5, 5.41) is 2.30. The maximum Gasteiger partial charge on any atom is 0.160 e. The van der Waals surface area contributed by atoms with Gasteiger partial charge < -0.3 is 24.0 Å². The summed E-state index contributed by atoms with van der Waals surface area (Å²) < 4.78 is 17.3. The molecular weight excluding hydrogens is 658 g/mol. The second-order valence-electron chi connectivity index (χ2n) is 11.6. The molecule has 4 heterocycles. The lowest BCUT2D eigenvalue weighted by molar-refractivity contribution is 0.354. The molecule has 240 valence electrons. The topological polar surface area (TPSA) is 98.1 Å². The second kappa shape index (κ2) is 13.5. The van der Waals surface area contributed by atoms with E-state index in [1.54, 1.807) is 27.7 Å². The molecule has 0 N–H and O–H groups in total. The highest BCUT2D eigenvalue weighted by Crippen LogP contribution is 2.36. The molecule has 0 spiro atoms. The molecule has 0 atom stereocenters. The molecule has 10 nitrogen and oxygen atoms in total. The summed E-state index contributed by atoms with van der Waals surface area (Å²) in [4.78, 5) is 28.0. The molecule has 1 saturated heterocycles. The van der Waals surface area contributed by atoms with E-state index in [-0.39, 0.29) is 0 Å². The van der Waals surface area contributed by atoms with Crippen LogP contribution in [0.3, 0.4) is 0 Å². The fourth-order valence-electron chi connectivity index (χ4n) is 6.39. The number of rotatable bonds is 10. The lowest BCUT2D eigenvalue weighted by Crippen LogP contribution is -2.47. The number of benzene rings is 3. The van der Waals surface area contributed by atoms with Crippen molar-refractivity contribution in [2.45, 2.75) is 25.8 Å². The molecule has 2 aliphatic rings. The number of ether oxygens (including phenoxy) is 3. The first-order valence-corrected chi connectivity index (χ1v) is 16.5. The van der Waals surface area contributed by atoms with Gasteiger partial charge in [-0.05, 0) is 82.2 Å². The molecule has 47 heavy (non-hydrogen) atoms. The fraction of sp³-hybridized carbons (Fsp3) is 0.306. The fourth-order valence-corrected chi connectivity index (χ4v) is 6.92. The first kappa shape index (κ1) is 30.9. The van der Waals surface area contributed by atoms with Gasteiger partial charge in [0.1, 0.15) is 28.3 Å². The molecule has 0 unspecified atom stereocenters. The van der Waals surface area contributed by atoms with E-state index in [0.717, 1.165) is 112 Å². The van der Waals surface area contributed by atoms with Crippen LogP contribution in [-0.4, -0.2) is 72.1 Å². The second-order valence-corrected chi connectivity index (χ2v) is 12.3. The van der Waals surface area contributed by atoms with Crippen LogP contribution in [0.1, 0.15) is 29.1 Å². The van der Waals surface area contributed by atoms with Gasteiger partial charge in [0.15, 0.2) is 11.5 Å². The van der Waals surface area contributed by atoms with E-state index >= 15 is 0 Å². The van der Waals surface area contributed by atoms with Gasteiger partial charge in [-0.15, -0.1) is 0 Å². The van der Waals surface area contributed by atoms with Gasteiger partial charge in [-0.3, -0.25) is 4.99 Å². The van der Waals surface area contributed by atoms with Gasteiger partial charge in [0.25, 0.3) is 0 Å². The molecule has 2 aromatic heterocycles. The summed E-state index contributed by atoms with van der Waals surface area (Å²) in [6, 6.07) is 18.8. The minimum absolute atomic E-state index is 0.592. The van der Waals surface area contributed by atoms with Crippen molar-refractivity contribution in [3.63, 3.8) is 0 Å². The Hall–Kier alpha value is -4.77. The molecule has 11 heteroatoms. The van der Waals surface area contributed by atoms with E-state index in [2.05, 4.69) is 76.0 Å². The van der Waals surface area contributed by atoms with Gasteiger partial charge in [0.2, 0.25) is 0 Å². The number of hydrogen-bond acceptors (Lipinski definition) is 10. The van der Waals surface area contributed by atoms with Crippen molar-refractivity contribution < 1.29 is 14.2 Å². The van der Waals surface area contributed by atoms with Gasteiger partial charge in [-0.1, -0.05) is 12.1 Å². The quantitative estimate of drug-likeness (QED) is 0.168. The van der Waals surface area contributed by atoms with Gasteiger partial charge in [0.05, 0.1) is 44.8 Å². The molecule has 0 amide bonds. The molecule has 2 aliphatic heterocycles. The number of methoxy groups -OCH3 is 3. The molecule has 3 aromatic carbocycles. The number of anilines is 2. The summed E-state index contributed by atoms with van der Waals surface area (Å²) in [6.45, 7) is 3.94. The Morgan fingerprint density at radius 1 is 0.787 bits per heavy atom. The molecule has 5 aromatic rings. The predicted molar refractivity (Wildman–Crippen MR) is 189 cm³/mol.